The average molecular weight is 425 g/mol. The van der Waals surface area contributed by atoms with Gasteiger partial charge >= 0.3 is 0 Å². The van der Waals surface area contributed by atoms with Crippen molar-refractivity contribution in [2.24, 2.45) is 5.14 Å². The fourth-order valence-electron chi connectivity index (χ4n) is 2.43. The van der Waals surface area contributed by atoms with Crippen LogP contribution in [-0.4, -0.2) is 14.3 Å². The van der Waals surface area contributed by atoms with E-state index in [-0.39, 0.29) is 4.90 Å². The highest BCUT2D eigenvalue weighted by Gasteiger charge is 2.17. The van der Waals surface area contributed by atoms with E-state index in [4.69, 9.17) is 32.8 Å². The summed E-state index contributed by atoms with van der Waals surface area (Å²) in [5.41, 5.74) is 1.44. The smallest absolute Gasteiger partial charge is 0.259 e. The molecular formula is C18H14Cl2N2O4S. The van der Waals surface area contributed by atoms with Crippen LogP contribution in [0.15, 0.2) is 57.8 Å². The highest BCUT2D eigenvalue weighted by Crippen LogP contribution is 2.31. The predicted octanol–water partition coefficient (Wildman–Crippen LogP) is 4.46. The minimum atomic E-state index is -3.79. The van der Waals surface area contributed by atoms with Gasteiger partial charge in [0.05, 0.1) is 20.5 Å². The molecule has 0 bridgehead atoms. The lowest BCUT2D eigenvalue weighted by Crippen LogP contribution is -2.14. The maximum Gasteiger partial charge on any atom is 0.259 e. The van der Waals surface area contributed by atoms with E-state index in [1.165, 1.54) is 24.3 Å². The Labute approximate surface area is 165 Å². The molecule has 0 atom stereocenters. The molecule has 1 aromatic heterocycles. The molecule has 0 fully saturated rings. The highest BCUT2D eigenvalue weighted by molar-refractivity contribution is 7.89. The van der Waals surface area contributed by atoms with Crippen LogP contribution < -0.4 is 10.5 Å². The van der Waals surface area contributed by atoms with Crippen molar-refractivity contribution < 1.29 is 17.6 Å². The quantitative estimate of drug-likeness (QED) is 0.644. The average Bonchev–Trinajstić information content (AvgIpc) is 2.99. The molecule has 3 aromatic rings. The largest absolute Gasteiger partial charge is 0.461 e. The molecule has 0 radical (unpaired) electrons. The van der Waals surface area contributed by atoms with Crippen LogP contribution in [0, 0.1) is 6.92 Å². The summed E-state index contributed by atoms with van der Waals surface area (Å²) in [7, 11) is -3.79. The number of nitrogens with one attached hydrogen (secondary N) is 1. The number of nitrogens with two attached hydrogens (primary N) is 1. The normalized spacial score (nSPS) is 11.4. The first-order valence-corrected chi connectivity index (χ1v) is 9.95. The summed E-state index contributed by atoms with van der Waals surface area (Å²) in [5.74, 6) is 0.501. The number of hydrogen-bond donors (Lipinski definition) is 2. The second-order valence-corrected chi connectivity index (χ2v) is 8.11. The van der Waals surface area contributed by atoms with Crippen molar-refractivity contribution in [1.82, 2.24) is 0 Å². The van der Waals surface area contributed by atoms with Crippen LogP contribution in [0.3, 0.4) is 0 Å². The summed E-state index contributed by atoms with van der Waals surface area (Å²) in [6.07, 6.45) is 0. The Morgan fingerprint density at radius 2 is 1.70 bits per heavy atom. The van der Waals surface area contributed by atoms with Crippen molar-refractivity contribution in [2.75, 3.05) is 5.32 Å². The van der Waals surface area contributed by atoms with Crippen LogP contribution in [0.25, 0.3) is 11.3 Å². The third kappa shape index (κ3) is 4.33. The molecule has 1 heterocycles. The van der Waals surface area contributed by atoms with Crippen LogP contribution in [0.1, 0.15) is 16.1 Å². The van der Waals surface area contributed by atoms with Crippen LogP contribution in [0.4, 0.5) is 5.69 Å². The third-order valence-electron chi connectivity index (χ3n) is 3.81. The predicted molar refractivity (Wildman–Crippen MR) is 105 cm³/mol. The Hall–Kier alpha value is -2.32. The van der Waals surface area contributed by atoms with E-state index in [0.29, 0.717) is 38.4 Å². The first-order valence-electron chi connectivity index (χ1n) is 7.65. The molecule has 3 N–H and O–H groups in total. The van der Waals surface area contributed by atoms with Gasteiger partial charge < -0.3 is 9.73 Å². The van der Waals surface area contributed by atoms with Gasteiger partial charge in [-0.2, -0.15) is 0 Å². The summed E-state index contributed by atoms with van der Waals surface area (Å²) < 4.78 is 28.2. The van der Waals surface area contributed by atoms with Crippen molar-refractivity contribution >= 4 is 44.8 Å². The van der Waals surface area contributed by atoms with Gasteiger partial charge in [-0.25, -0.2) is 13.6 Å². The number of hydrogen-bond acceptors (Lipinski definition) is 4. The number of aryl methyl sites for hydroxylation is 1. The van der Waals surface area contributed by atoms with Gasteiger partial charge in [-0.05, 0) is 55.5 Å². The van der Waals surface area contributed by atoms with E-state index in [2.05, 4.69) is 5.32 Å². The van der Waals surface area contributed by atoms with Gasteiger partial charge in [0.15, 0.2) is 0 Å². The molecule has 9 heteroatoms. The highest BCUT2D eigenvalue weighted by atomic mass is 35.5. The molecule has 0 saturated heterocycles. The first kappa shape index (κ1) is 19.4. The number of halogens is 2. The van der Waals surface area contributed by atoms with E-state index in [9.17, 15) is 13.2 Å². The van der Waals surface area contributed by atoms with Gasteiger partial charge in [-0.1, -0.05) is 23.2 Å². The van der Waals surface area contributed by atoms with Crippen molar-refractivity contribution in [2.45, 2.75) is 11.8 Å². The van der Waals surface area contributed by atoms with Crippen LogP contribution in [0.5, 0.6) is 0 Å². The van der Waals surface area contributed by atoms with E-state index >= 15 is 0 Å². The zero-order valence-corrected chi connectivity index (χ0v) is 16.3. The van der Waals surface area contributed by atoms with Crippen molar-refractivity contribution in [3.05, 3.63) is 69.9 Å². The third-order valence-corrected chi connectivity index (χ3v) is 5.48. The molecule has 0 aliphatic rings. The van der Waals surface area contributed by atoms with Crippen LogP contribution >= 0.6 is 23.2 Å². The Morgan fingerprint density at radius 1 is 1.04 bits per heavy atom. The number of anilines is 1. The molecule has 0 spiro atoms. The Balaban J connectivity index is 1.83. The SMILES string of the molecule is Cc1oc(-c2ccc(Cl)c(Cl)c2)cc1C(=O)Nc1ccc(S(N)(=O)=O)cc1. The number of carbonyl (C=O) groups is 1. The van der Waals surface area contributed by atoms with Crippen molar-refractivity contribution in [3.8, 4) is 11.3 Å². The van der Waals surface area contributed by atoms with Gasteiger partial charge in [-0.3, -0.25) is 4.79 Å². The first-order chi connectivity index (χ1) is 12.6. The minimum absolute atomic E-state index is 0.0399. The summed E-state index contributed by atoms with van der Waals surface area (Å²) >= 11 is 11.9. The number of primary sulfonamides is 1. The fraction of sp³-hybridized carbons (Fsp3) is 0.0556. The van der Waals surface area contributed by atoms with E-state index in [1.807, 2.05) is 0 Å². The van der Waals surface area contributed by atoms with Crippen LogP contribution in [-0.2, 0) is 10.0 Å². The molecule has 0 aliphatic carbocycles. The molecular weight excluding hydrogens is 411 g/mol. The van der Waals surface area contributed by atoms with E-state index < -0.39 is 15.9 Å². The zero-order valence-electron chi connectivity index (χ0n) is 14.0. The maximum absolute atomic E-state index is 12.5. The van der Waals surface area contributed by atoms with Gasteiger partial charge in [-0.15, -0.1) is 0 Å². The number of sulfonamides is 1. The number of rotatable bonds is 4. The number of carbonyl (C=O) groups excluding carboxylic acids is 1. The minimum Gasteiger partial charge on any atom is -0.461 e. The summed E-state index contributed by atoms with van der Waals surface area (Å²) in [4.78, 5) is 12.5. The number of furan rings is 1. The summed E-state index contributed by atoms with van der Waals surface area (Å²) in [6, 6.07) is 12.2. The fourth-order valence-corrected chi connectivity index (χ4v) is 3.24. The Bertz CT molecular complexity index is 1120. The van der Waals surface area contributed by atoms with Gasteiger partial charge in [0.1, 0.15) is 11.5 Å². The topological polar surface area (TPSA) is 102 Å². The summed E-state index contributed by atoms with van der Waals surface area (Å²) in [6.45, 7) is 1.67. The molecule has 27 heavy (non-hydrogen) atoms. The molecule has 3 rings (SSSR count). The maximum atomic E-state index is 12.5. The lowest BCUT2D eigenvalue weighted by molar-refractivity contribution is 0.102. The van der Waals surface area contributed by atoms with E-state index in [0.717, 1.165) is 0 Å². The van der Waals surface area contributed by atoms with Crippen molar-refractivity contribution in [1.29, 1.82) is 0 Å². The van der Waals surface area contributed by atoms with Gasteiger partial charge in [0.2, 0.25) is 10.0 Å². The molecule has 1 amide bonds. The molecule has 2 aromatic carbocycles. The molecule has 0 saturated carbocycles. The van der Waals surface area contributed by atoms with Crippen molar-refractivity contribution in [3.63, 3.8) is 0 Å². The zero-order chi connectivity index (χ0) is 19.8. The number of amides is 1. The van der Waals surface area contributed by atoms with E-state index in [1.54, 1.807) is 31.2 Å². The second kappa shape index (κ2) is 7.36. The Morgan fingerprint density at radius 3 is 2.30 bits per heavy atom. The van der Waals surface area contributed by atoms with Crippen LogP contribution in [0.2, 0.25) is 10.0 Å². The van der Waals surface area contributed by atoms with Gasteiger partial charge in [0.25, 0.3) is 5.91 Å². The molecule has 0 unspecified atom stereocenters. The standard InChI is InChI=1S/C18H14Cl2N2O4S/c1-10-14(9-17(26-10)11-2-7-15(19)16(20)8-11)18(23)22-12-3-5-13(6-4-12)27(21,24)25/h2-9H,1H3,(H,22,23)(H2,21,24,25). The number of benzene rings is 2. The lowest BCUT2D eigenvalue weighted by atomic mass is 10.1. The summed E-state index contributed by atoms with van der Waals surface area (Å²) in [5, 5.41) is 8.53. The Kier molecular flexibility index (Phi) is 5.30. The van der Waals surface area contributed by atoms with Gasteiger partial charge in [0, 0.05) is 11.3 Å². The molecule has 6 nitrogen and oxygen atoms in total. The molecule has 140 valence electrons. The lowest BCUT2D eigenvalue weighted by Gasteiger charge is -2.05. The second-order valence-electron chi connectivity index (χ2n) is 5.73. The monoisotopic (exact) mass is 424 g/mol. The molecule has 0 aliphatic heterocycles.